The van der Waals surface area contributed by atoms with E-state index in [0.717, 1.165) is 6.54 Å². The normalized spacial score (nSPS) is 12.7. The largest absolute Gasteiger partial charge is 0.309 e. The Morgan fingerprint density at radius 3 is 2.62 bits per heavy atom. The fourth-order valence-corrected chi connectivity index (χ4v) is 2.56. The summed E-state index contributed by atoms with van der Waals surface area (Å²) in [5.74, 6) is 2.36. The molecule has 0 heterocycles. The molecule has 0 spiro atoms. The quantitative estimate of drug-likeness (QED) is 0.774. The summed E-state index contributed by atoms with van der Waals surface area (Å²) in [6, 6.07) is 9.21. The van der Waals surface area contributed by atoms with Crippen LogP contribution in [0.3, 0.4) is 0 Å². The lowest BCUT2D eigenvalue weighted by Gasteiger charge is -2.20. The van der Waals surface area contributed by atoms with E-state index in [4.69, 9.17) is 0 Å². The van der Waals surface area contributed by atoms with Gasteiger partial charge in [0.1, 0.15) is 0 Å². The maximum Gasteiger partial charge on any atom is 0.0414 e. The Bertz CT molecular complexity index is 291. The van der Waals surface area contributed by atoms with Crippen molar-refractivity contribution in [3.8, 4) is 0 Å². The summed E-state index contributed by atoms with van der Waals surface area (Å²) >= 11 is 2.01. The Morgan fingerprint density at radius 2 is 2.00 bits per heavy atom. The molecule has 0 fully saturated rings. The van der Waals surface area contributed by atoms with Crippen LogP contribution in [0.2, 0.25) is 0 Å². The molecule has 0 aliphatic heterocycles. The molecule has 0 aliphatic carbocycles. The van der Waals surface area contributed by atoms with Crippen molar-refractivity contribution >= 4 is 11.8 Å². The van der Waals surface area contributed by atoms with Gasteiger partial charge in [-0.3, -0.25) is 0 Å². The van der Waals surface area contributed by atoms with Crippen LogP contribution in [0.4, 0.5) is 0 Å². The van der Waals surface area contributed by atoms with Gasteiger partial charge in [-0.05, 0) is 36.8 Å². The summed E-state index contributed by atoms with van der Waals surface area (Å²) in [5, 5.41) is 3.64. The molecule has 1 nitrogen and oxygen atoms in total. The zero-order valence-electron chi connectivity index (χ0n) is 10.6. The van der Waals surface area contributed by atoms with E-state index in [1.807, 2.05) is 11.8 Å². The average molecular weight is 237 g/mol. The molecule has 0 saturated heterocycles. The van der Waals surface area contributed by atoms with E-state index in [2.05, 4.69) is 50.4 Å². The van der Waals surface area contributed by atoms with Gasteiger partial charge >= 0.3 is 0 Å². The molecule has 2 heteroatoms. The van der Waals surface area contributed by atoms with Gasteiger partial charge in [0.05, 0.1) is 0 Å². The molecule has 0 aliphatic rings. The molecule has 1 aromatic rings. The fraction of sp³-hybridized carbons (Fsp3) is 0.571. The topological polar surface area (TPSA) is 12.0 Å². The van der Waals surface area contributed by atoms with E-state index in [9.17, 15) is 0 Å². The second-order valence-corrected chi connectivity index (χ2v) is 5.34. The molecule has 0 radical (unpaired) electrons. The van der Waals surface area contributed by atoms with Gasteiger partial charge in [-0.15, -0.1) is 0 Å². The highest BCUT2D eigenvalue weighted by atomic mass is 32.2. The predicted octanol–water partition coefficient (Wildman–Crippen LogP) is 3.79. The van der Waals surface area contributed by atoms with Crippen LogP contribution in [-0.2, 0) is 0 Å². The third-order valence-electron chi connectivity index (χ3n) is 2.69. The Kier molecular flexibility index (Phi) is 6.58. The molecule has 0 saturated carbocycles. The minimum Gasteiger partial charge on any atom is -0.309 e. The molecule has 90 valence electrons. The number of hydrogen-bond acceptors (Lipinski definition) is 2. The van der Waals surface area contributed by atoms with E-state index < -0.39 is 0 Å². The first kappa shape index (κ1) is 13.6. The molecule has 1 rings (SSSR count). The SMILES string of the molecule is CCCNC(CSCC)c1ccccc1C. The van der Waals surface area contributed by atoms with Crippen molar-refractivity contribution in [1.82, 2.24) is 5.32 Å². The monoisotopic (exact) mass is 237 g/mol. The second-order valence-electron chi connectivity index (χ2n) is 4.02. The lowest BCUT2D eigenvalue weighted by Crippen LogP contribution is -2.24. The molecular formula is C14H23NS. The van der Waals surface area contributed by atoms with E-state index in [0.29, 0.717) is 6.04 Å². The van der Waals surface area contributed by atoms with Crippen molar-refractivity contribution in [2.45, 2.75) is 33.2 Å². The molecule has 0 aromatic heterocycles. The summed E-state index contributed by atoms with van der Waals surface area (Å²) < 4.78 is 0. The van der Waals surface area contributed by atoms with Gasteiger partial charge in [0.2, 0.25) is 0 Å². The fourth-order valence-electron chi connectivity index (χ4n) is 1.79. The highest BCUT2D eigenvalue weighted by Crippen LogP contribution is 2.21. The van der Waals surface area contributed by atoms with Crippen LogP contribution in [0.25, 0.3) is 0 Å². The van der Waals surface area contributed by atoms with E-state index >= 15 is 0 Å². The zero-order chi connectivity index (χ0) is 11.8. The summed E-state index contributed by atoms with van der Waals surface area (Å²) in [5.41, 5.74) is 2.85. The summed E-state index contributed by atoms with van der Waals surface area (Å²) in [6.07, 6.45) is 1.19. The van der Waals surface area contributed by atoms with Gasteiger partial charge in [-0.25, -0.2) is 0 Å². The van der Waals surface area contributed by atoms with Crippen molar-refractivity contribution in [2.24, 2.45) is 0 Å². The molecule has 16 heavy (non-hydrogen) atoms. The van der Waals surface area contributed by atoms with Gasteiger partial charge in [-0.1, -0.05) is 38.1 Å². The van der Waals surface area contributed by atoms with Gasteiger partial charge in [0.25, 0.3) is 0 Å². The lowest BCUT2D eigenvalue weighted by molar-refractivity contribution is 0.575. The molecule has 1 unspecified atom stereocenters. The van der Waals surface area contributed by atoms with Crippen LogP contribution < -0.4 is 5.32 Å². The maximum absolute atomic E-state index is 3.64. The van der Waals surface area contributed by atoms with Gasteiger partial charge < -0.3 is 5.32 Å². The Morgan fingerprint density at radius 1 is 1.25 bits per heavy atom. The van der Waals surface area contributed by atoms with Crippen LogP contribution in [0.15, 0.2) is 24.3 Å². The Balaban J connectivity index is 2.70. The number of aryl methyl sites for hydroxylation is 1. The number of rotatable bonds is 7. The minimum atomic E-state index is 0.506. The van der Waals surface area contributed by atoms with Gasteiger partial charge in [0, 0.05) is 11.8 Å². The number of nitrogens with one attached hydrogen (secondary N) is 1. The minimum absolute atomic E-state index is 0.506. The smallest absolute Gasteiger partial charge is 0.0414 e. The van der Waals surface area contributed by atoms with Crippen molar-refractivity contribution in [3.05, 3.63) is 35.4 Å². The van der Waals surface area contributed by atoms with Gasteiger partial charge in [0.15, 0.2) is 0 Å². The van der Waals surface area contributed by atoms with E-state index in [1.165, 1.54) is 29.1 Å². The summed E-state index contributed by atoms with van der Waals surface area (Å²) in [6.45, 7) is 7.74. The summed E-state index contributed by atoms with van der Waals surface area (Å²) in [7, 11) is 0. The first-order valence-electron chi connectivity index (χ1n) is 6.16. The van der Waals surface area contributed by atoms with Crippen LogP contribution >= 0.6 is 11.8 Å². The highest BCUT2D eigenvalue weighted by Gasteiger charge is 2.11. The van der Waals surface area contributed by atoms with Crippen molar-refractivity contribution in [1.29, 1.82) is 0 Å². The summed E-state index contributed by atoms with van der Waals surface area (Å²) in [4.78, 5) is 0. The Hall–Kier alpha value is -0.470. The lowest BCUT2D eigenvalue weighted by atomic mass is 10.0. The van der Waals surface area contributed by atoms with Crippen LogP contribution in [0.5, 0.6) is 0 Å². The standard InChI is InChI=1S/C14H23NS/c1-4-10-15-14(11-16-5-2)13-9-7-6-8-12(13)3/h6-9,14-15H,4-5,10-11H2,1-3H3. The first-order chi connectivity index (χ1) is 7.79. The molecule has 1 N–H and O–H groups in total. The maximum atomic E-state index is 3.64. The molecule has 1 atom stereocenters. The number of hydrogen-bond donors (Lipinski definition) is 1. The molecule has 1 aromatic carbocycles. The predicted molar refractivity (Wildman–Crippen MR) is 75.2 cm³/mol. The number of thioether (sulfide) groups is 1. The van der Waals surface area contributed by atoms with Crippen LogP contribution in [0.1, 0.15) is 37.4 Å². The molecular weight excluding hydrogens is 214 g/mol. The van der Waals surface area contributed by atoms with Crippen molar-refractivity contribution in [2.75, 3.05) is 18.1 Å². The van der Waals surface area contributed by atoms with E-state index in [1.54, 1.807) is 0 Å². The van der Waals surface area contributed by atoms with E-state index in [-0.39, 0.29) is 0 Å². The van der Waals surface area contributed by atoms with Crippen molar-refractivity contribution in [3.63, 3.8) is 0 Å². The number of benzene rings is 1. The third-order valence-corrected chi connectivity index (χ3v) is 3.67. The molecule has 0 amide bonds. The van der Waals surface area contributed by atoms with Crippen LogP contribution in [0, 0.1) is 6.92 Å². The molecule has 0 bridgehead atoms. The van der Waals surface area contributed by atoms with Gasteiger partial charge in [-0.2, -0.15) is 11.8 Å². The van der Waals surface area contributed by atoms with Crippen LogP contribution in [-0.4, -0.2) is 18.1 Å². The average Bonchev–Trinajstić information content (AvgIpc) is 2.31. The Labute approximate surface area is 104 Å². The highest BCUT2D eigenvalue weighted by molar-refractivity contribution is 7.99. The first-order valence-corrected chi connectivity index (χ1v) is 7.31. The second kappa shape index (κ2) is 7.75. The zero-order valence-corrected chi connectivity index (χ0v) is 11.4. The van der Waals surface area contributed by atoms with Crippen molar-refractivity contribution < 1.29 is 0 Å². The third kappa shape index (κ3) is 4.18.